The quantitative estimate of drug-likeness (QED) is 0.808. The maximum Gasteiger partial charge on any atom is 0.341 e. The van der Waals surface area contributed by atoms with Gasteiger partial charge in [0.25, 0.3) is 0 Å². The van der Waals surface area contributed by atoms with Crippen LogP contribution >= 0.6 is 34.2 Å². The van der Waals surface area contributed by atoms with E-state index in [2.05, 4.69) is 22.6 Å². The summed E-state index contributed by atoms with van der Waals surface area (Å²) in [4.78, 5) is 11.1. The second kappa shape index (κ2) is 5.58. The molecule has 0 radical (unpaired) electrons. The highest BCUT2D eigenvalue weighted by Crippen LogP contribution is 2.30. The number of carboxylic acid groups (broad SMARTS) is 1. The highest BCUT2D eigenvalue weighted by Gasteiger charge is 2.16. The molecule has 0 saturated heterocycles. The standard InChI is InChI=1S/C13H8ClIO3/c14-10-5-2-6-11(12(10)13(16)17)18-9-4-1-3-8(15)7-9/h1-7H,(H,16,17). The molecule has 0 aliphatic rings. The van der Waals surface area contributed by atoms with Crippen LogP contribution in [0.4, 0.5) is 0 Å². The van der Waals surface area contributed by atoms with E-state index in [0.717, 1.165) is 3.57 Å². The van der Waals surface area contributed by atoms with Crippen LogP contribution in [0, 0.1) is 3.57 Å². The summed E-state index contributed by atoms with van der Waals surface area (Å²) in [7, 11) is 0. The predicted molar refractivity (Wildman–Crippen MR) is 77.6 cm³/mol. The van der Waals surface area contributed by atoms with Crippen molar-refractivity contribution in [3.05, 3.63) is 56.6 Å². The van der Waals surface area contributed by atoms with Gasteiger partial charge in [-0.05, 0) is 52.9 Å². The van der Waals surface area contributed by atoms with E-state index in [4.69, 9.17) is 21.4 Å². The molecule has 5 heteroatoms. The lowest BCUT2D eigenvalue weighted by Gasteiger charge is -2.09. The lowest BCUT2D eigenvalue weighted by Crippen LogP contribution is -2.01. The van der Waals surface area contributed by atoms with Crippen LogP contribution in [-0.4, -0.2) is 11.1 Å². The van der Waals surface area contributed by atoms with E-state index in [0.29, 0.717) is 5.75 Å². The van der Waals surface area contributed by atoms with Gasteiger partial charge in [-0.3, -0.25) is 0 Å². The van der Waals surface area contributed by atoms with E-state index in [-0.39, 0.29) is 16.3 Å². The number of hydrogen-bond acceptors (Lipinski definition) is 2. The molecule has 92 valence electrons. The maximum atomic E-state index is 11.1. The summed E-state index contributed by atoms with van der Waals surface area (Å²) in [6.45, 7) is 0. The number of carbonyl (C=O) groups is 1. The second-order valence-corrected chi connectivity index (χ2v) is 5.13. The Labute approximate surface area is 122 Å². The molecule has 0 heterocycles. The first-order chi connectivity index (χ1) is 8.58. The van der Waals surface area contributed by atoms with Crippen molar-refractivity contribution in [2.45, 2.75) is 0 Å². The predicted octanol–water partition coefficient (Wildman–Crippen LogP) is 4.44. The average molecular weight is 375 g/mol. The van der Waals surface area contributed by atoms with E-state index >= 15 is 0 Å². The Morgan fingerprint density at radius 1 is 1.22 bits per heavy atom. The zero-order valence-corrected chi connectivity index (χ0v) is 12.0. The van der Waals surface area contributed by atoms with Gasteiger partial charge in [-0.2, -0.15) is 0 Å². The normalized spacial score (nSPS) is 10.1. The maximum absolute atomic E-state index is 11.1. The molecule has 0 aliphatic carbocycles. The van der Waals surface area contributed by atoms with Crippen LogP contribution < -0.4 is 4.74 Å². The van der Waals surface area contributed by atoms with Crippen LogP contribution in [0.15, 0.2) is 42.5 Å². The Hall–Kier alpha value is -1.27. The Morgan fingerprint density at radius 2 is 1.94 bits per heavy atom. The summed E-state index contributed by atoms with van der Waals surface area (Å²) < 4.78 is 6.57. The van der Waals surface area contributed by atoms with Gasteiger partial charge in [-0.15, -0.1) is 0 Å². The van der Waals surface area contributed by atoms with Crippen LogP contribution in [0.5, 0.6) is 11.5 Å². The van der Waals surface area contributed by atoms with Gasteiger partial charge in [0.2, 0.25) is 0 Å². The number of ether oxygens (including phenoxy) is 1. The van der Waals surface area contributed by atoms with E-state index < -0.39 is 5.97 Å². The Kier molecular flexibility index (Phi) is 4.08. The molecule has 0 spiro atoms. The van der Waals surface area contributed by atoms with Crippen molar-refractivity contribution in [3.63, 3.8) is 0 Å². The van der Waals surface area contributed by atoms with Crippen LogP contribution in [0.1, 0.15) is 10.4 Å². The SMILES string of the molecule is O=C(O)c1c(Cl)cccc1Oc1cccc(I)c1. The average Bonchev–Trinajstić information content (AvgIpc) is 2.28. The van der Waals surface area contributed by atoms with Gasteiger partial charge in [0.1, 0.15) is 17.1 Å². The van der Waals surface area contributed by atoms with Gasteiger partial charge in [0, 0.05) is 3.57 Å². The Bertz CT molecular complexity index is 599. The molecule has 0 amide bonds. The molecular weight excluding hydrogens is 366 g/mol. The molecule has 2 aromatic carbocycles. The van der Waals surface area contributed by atoms with Crippen molar-refractivity contribution < 1.29 is 14.6 Å². The first kappa shape index (κ1) is 13.2. The summed E-state index contributed by atoms with van der Waals surface area (Å²) in [5.41, 5.74) is -0.0296. The van der Waals surface area contributed by atoms with Gasteiger partial charge in [-0.1, -0.05) is 23.7 Å². The summed E-state index contributed by atoms with van der Waals surface area (Å²) in [6.07, 6.45) is 0. The van der Waals surface area contributed by atoms with Crippen LogP contribution in [-0.2, 0) is 0 Å². The van der Waals surface area contributed by atoms with E-state index in [1.54, 1.807) is 18.2 Å². The molecule has 0 saturated carbocycles. The summed E-state index contributed by atoms with van der Waals surface area (Å²) in [5, 5.41) is 9.27. The van der Waals surface area contributed by atoms with Gasteiger partial charge >= 0.3 is 5.97 Å². The van der Waals surface area contributed by atoms with Crippen LogP contribution in [0.25, 0.3) is 0 Å². The third-order valence-electron chi connectivity index (χ3n) is 2.21. The fourth-order valence-electron chi connectivity index (χ4n) is 1.45. The highest BCUT2D eigenvalue weighted by molar-refractivity contribution is 14.1. The molecule has 1 N–H and O–H groups in total. The van der Waals surface area contributed by atoms with Crippen molar-refractivity contribution in [1.82, 2.24) is 0 Å². The largest absolute Gasteiger partial charge is 0.478 e. The van der Waals surface area contributed by atoms with Crippen LogP contribution in [0.2, 0.25) is 5.02 Å². The molecule has 0 unspecified atom stereocenters. The van der Waals surface area contributed by atoms with Crippen molar-refractivity contribution in [2.24, 2.45) is 0 Å². The molecule has 0 aromatic heterocycles. The van der Waals surface area contributed by atoms with Crippen molar-refractivity contribution >= 4 is 40.2 Å². The Morgan fingerprint density at radius 3 is 2.61 bits per heavy atom. The van der Waals surface area contributed by atoms with Gasteiger partial charge < -0.3 is 9.84 Å². The number of hydrogen-bond donors (Lipinski definition) is 1. The number of rotatable bonds is 3. The number of aromatic carboxylic acids is 1. The summed E-state index contributed by atoms with van der Waals surface area (Å²) >= 11 is 8.01. The number of benzene rings is 2. The van der Waals surface area contributed by atoms with Gasteiger partial charge in [-0.25, -0.2) is 4.79 Å². The molecular formula is C13H8ClIO3. The highest BCUT2D eigenvalue weighted by atomic mass is 127. The number of carboxylic acids is 1. The lowest BCUT2D eigenvalue weighted by molar-refractivity contribution is 0.0694. The monoisotopic (exact) mass is 374 g/mol. The minimum absolute atomic E-state index is 0.0296. The van der Waals surface area contributed by atoms with Crippen molar-refractivity contribution in [3.8, 4) is 11.5 Å². The zero-order chi connectivity index (χ0) is 13.1. The molecule has 0 atom stereocenters. The van der Waals surface area contributed by atoms with Crippen molar-refractivity contribution in [1.29, 1.82) is 0 Å². The smallest absolute Gasteiger partial charge is 0.341 e. The summed E-state index contributed by atoms with van der Waals surface area (Å²) in [6, 6.07) is 12.1. The fourth-order valence-corrected chi connectivity index (χ4v) is 2.22. The zero-order valence-electron chi connectivity index (χ0n) is 9.06. The molecule has 3 nitrogen and oxygen atoms in total. The topological polar surface area (TPSA) is 46.5 Å². The second-order valence-electron chi connectivity index (χ2n) is 3.48. The third kappa shape index (κ3) is 2.94. The molecule has 0 bridgehead atoms. The first-order valence-corrected chi connectivity index (χ1v) is 6.49. The summed E-state index contributed by atoms with van der Waals surface area (Å²) in [5.74, 6) is -0.301. The minimum Gasteiger partial charge on any atom is -0.478 e. The van der Waals surface area contributed by atoms with E-state index in [9.17, 15) is 4.79 Å². The molecule has 0 aliphatic heterocycles. The minimum atomic E-state index is -1.11. The van der Waals surface area contributed by atoms with E-state index in [1.807, 2.05) is 18.2 Å². The van der Waals surface area contributed by atoms with Gasteiger partial charge in [0.05, 0.1) is 5.02 Å². The molecule has 18 heavy (non-hydrogen) atoms. The molecule has 0 fully saturated rings. The Balaban J connectivity index is 2.40. The molecule has 2 rings (SSSR count). The fraction of sp³-hybridized carbons (Fsp3) is 0. The van der Waals surface area contributed by atoms with E-state index in [1.165, 1.54) is 6.07 Å². The number of halogens is 2. The first-order valence-electron chi connectivity index (χ1n) is 5.03. The van der Waals surface area contributed by atoms with Crippen molar-refractivity contribution in [2.75, 3.05) is 0 Å². The van der Waals surface area contributed by atoms with Crippen LogP contribution in [0.3, 0.4) is 0 Å². The third-order valence-corrected chi connectivity index (χ3v) is 3.20. The molecule has 2 aromatic rings. The lowest BCUT2D eigenvalue weighted by atomic mass is 10.2. The van der Waals surface area contributed by atoms with Gasteiger partial charge in [0.15, 0.2) is 0 Å².